The number of pyridine rings is 1. The Morgan fingerprint density at radius 2 is 1.73 bits per heavy atom. The number of carbonyl (C=O) groups is 1. The second-order valence-corrected chi connectivity index (χ2v) is 7.44. The Kier molecular flexibility index (Phi) is 6.64. The van der Waals surface area contributed by atoms with Gasteiger partial charge in [0.05, 0.1) is 12.1 Å². The molecule has 2 aromatic heterocycles. The van der Waals surface area contributed by atoms with Crippen LogP contribution in [0.4, 0.5) is 5.69 Å². The Balaban J connectivity index is 1.62. The van der Waals surface area contributed by atoms with Gasteiger partial charge in [0.15, 0.2) is 5.52 Å². The highest BCUT2D eigenvalue weighted by molar-refractivity contribution is 5.91. The lowest BCUT2D eigenvalue weighted by Crippen LogP contribution is -2.42. The number of nitrogens with zero attached hydrogens (tertiary/aromatic N) is 3. The maximum absolute atomic E-state index is 13.2. The fourth-order valence-electron chi connectivity index (χ4n) is 3.62. The van der Waals surface area contributed by atoms with Gasteiger partial charge in [0.1, 0.15) is 12.3 Å². The van der Waals surface area contributed by atoms with Gasteiger partial charge in [0.2, 0.25) is 5.91 Å². The number of aromatic nitrogens is 3. The second-order valence-electron chi connectivity index (χ2n) is 7.44. The third kappa shape index (κ3) is 5.01. The van der Waals surface area contributed by atoms with Gasteiger partial charge in [0, 0.05) is 18.4 Å². The van der Waals surface area contributed by atoms with Crippen LogP contribution < -0.4 is 21.3 Å². The molecule has 0 saturated heterocycles. The number of aryl methyl sites for hydroxylation is 1. The van der Waals surface area contributed by atoms with E-state index < -0.39 is 11.2 Å². The summed E-state index contributed by atoms with van der Waals surface area (Å²) in [6, 6.07) is 19.8. The zero-order chi connectivity index (χ0) is 23.2. The average molecular weight is 444 g/mol. The van der Waals surface area contributed by atoms with E-state index in [9.17, 15) is 14.4 Å². The quantitative estimate of drug-likeness (QED) is 0.451. The Morgan fingerprint density at radius 1 is 0.970 bits per heavy atom. The van der Waals surface area contributed by atoms with Gasteiger partial charge in [-0.1, -0.05) is 30.3 Å². The molecule has 8 nitrogen and oxygen atoms in total. The number of carbonyl (C=O) groups excluding carboxylic acids is 1. The normalized spacial score (nSPS) is 10.8. The smallest absolute Gasteiger partial charge is 0.332 e. The molecule has 1 N–H and O–H groups in total. The molecule has 0 saturated carbocycles. The first kappa shape index (κ1) is 22.0. The van der Waals surface area contributed by atoms with Crippen LogP contribution in [0.5, 0.6) is 5.75 Å². The van der Waals surface area contributed by atoms with Gasteiger partial charge in [-0.3, -0.25) is 18.7 Å². The number of hydrogen-bond donors (Lipinski definition) is 1. The van der Waals surface area contributed by atoms with Gasteiger partial charge in [-0.2, -0.15) is 0 Å². The summed E-state index contributed by atoms with van der Waals surface area (Å²) in [6.45, 7) is 2.39. The average Bonchev–Trinajstić information content (AvgIpc) is 2.84. The largest absolute Gasteiger partial charge is 0.494 e. The predicted octanol–water partition coefficient (Wildman–Crippen LogP) is 2.84. The van der Waals surface area contributed by atoms with Crippen LogP contribution in [0.2, 0.25) is 0 Å². The zero-order valence-corrected chi connectivity index (χ0v) is 18.2. The summed E-state index contributed by atoms with van der Waals surface area (Å²) in [5, 5.41) is 2.78. The van der Waals surface area contributed by atoms with E-state index in [1.807, 2.05) is 37.3 Å². The highest BCUT2D eigenvalue weighted by Crippen LogP contribution is 2.16. The lowest BCUT2D eigenvalue weighted by atomic mass is 10.1. The van der Waals surface area contributed by atoms with Crippen molar-refractivity contribution in [2.75, 3.05) is 11.9 Å². The molecule has 0 aliphatic heterocycles. The molecule has 4 rings (SSSR count). The summed E-state index contributed by atoms with van der Waals surface area (Å²) in [5.41, 5.74) is 1.05. The first-order valence-corrected chi connectivity index (χ1v) is 10.7. The summed E-state index contributed by atoms with van der Waals surface area (Å²) >= 11 is 0. The Hall–Kier alpha value is -4.20. The second kappa shape index (κ2) is 9.95. The molecule has 0 aliphatic carbocycles. The minimum absolute atomic E-state index is 0.152. The number of nitrogens with one attached hydrogen (secondary N) is 1. The summed E-state index contributed by atoms with van der Waals surface area (Å²) in [7, 11) is 0. The van der Waals surface area contributed by atoms with E-state index >= 15 is 0 Å². The number of amides is 1. The van der Waals surface area contributed by atoms with Gasteiger partial charge in [-0.25, -0.2) is 9.78 Å². The molecule has 1 amide bonds. The monoisotopic (exact) mass is 444 g/mol. The summed E-state index contributed by atoms with van der Waals surface area (Å²) in [6.07, 6.45) is 2.01. The molecule has 0 fully saturated rings. The van der Waals surface area contributed by atoms with E-state index in [1.54, 1.807) is 36.4 Å². The van der Waals surface area contributed by atoms with Crippen LogP contribution in [0.25, 0.3) is 11.0 Å². The van der Waals surface area contributed by atoms with Crippen LogP contribution >= 0.6 is 0 Å². The Bertz CT molecular complexity index is 1380. The Labute approximate surface area is 190 Å². The van der Waals surface area contributed by atoms with E-state index in [4.69, 9.17) is 4.74 Å². The first-order chi connectivity index (χ1) is 16.1. The first-order valence-electron chi connectivity index (χ1n) is 10.7. The van der Waals surface area contributed by atoms with Crippen molar-refractivity contribution in [1.29, 1.82) is 0 Å². The SMILES string of the molecule is CCOc1ccc(NC(=O)Cn2c(=O)n(CCc3ccccc3)c(=O)c3ncccc32)cc1. The maximum Gasteiger partial charge on any atom is 0.332 e. The number of ether oxygens (including phenoxy) is 1. The van der Waals surface area contributed by atoms with Crippen LogP contribution in [-0.4, -0.2) is 26.6 Å². The highest BCUT2D eigenvalue weighted by atomic mass is 16.5. The number of benzene rings is 2. The molecule has 2 heterocycles. The lowest BCUT2D eigenvalue weighted by Gasteiger charge is -2.14. The minimum Gasteiger partial charge on any atom is -0.494 e. The Morgan fingerprint density at radius 3 is 2.45 bits per heavy atom. The van der Waals surface area contributed by atoms with Gasteiger partial charge in [-0.15, -0.1) is 0 Å². The third-order valence-corrected chi connectivity index (χ3v) is 5.20. The van der Waals surface area contributed by atoms with Crippen LogP contribution in [0.15, 0.2) is 82.5 Å². The van der Waals surface area contributed by atoms with Gasteiger partial charge < -0.3 is 10.1 Å². The van der Waals surface area contributed by atoms with E-state index in [0.717, 1.165) is 10.1 Å². The molecule has 168 valence electrons. The van der Waals surface area contributed by atoms with Crippen molar-refractivity contribution in [3.8, 4) is 5.75 Å². The zero-order valence-electron chi connectivity index (χ0n) is 18.2. The van der Waals surface area contributed by atoms with E-state index in [1.165, 1.54) is 10.8 Å². The van der Waals surface area contributed by atoms with Crippen molar-refractivity contribution >= 4 is 22.6 Å². The van der Waals surface area contributed by atoms with Crippen LogP contribution in [-0.2, 0) is 24.3 Å². The molecule has 8 heteroatoms. The van der Waals surface area contributed by atoms with Crippen molar-refractivity contribution in [3.63, 3.8) is 0 Å². The number of fused-ring (bicyclic) bond motifs is 1. The van der Waals surface area contributed by atoms with E-state index in [-0.39, 0.29) is 24.5 Å². The third-order valence-electron chi connectivity index (χ3n) is 5.20. The number of hydrogen-bond acceptors (Lipinski definition) is 5. The molecule has 2 aromatic carbocycles. The molecule has 0 aliphatic rings. The fourth-order valence-corrected chi connectivity index (χ4v) is 3.62. The minimum atomic E-state index is -0.543. The molecule has 0 atom stereocenters. The van der Waals surface area contributed by atoms with Crippen molar-refractivity contribution in [1.82, 2.24) is 14.1 Å². The van der Waals surface area contributed by atoms with Crippen molar-refractivity contribution in [3.05, 3.63) is 99.3 Å². The van der Waals surface area contributed by atoms with Crippen molar-refractivity contribution < 1.29 is 9.53 Å². The molecule has 0 radical (unpaired) electrons. The molecule has 4 aromatic rings. The molecule has 0 unspecified atom stereocenters. The highest BCUT2D eigenvalue weighted by Gasteiger charge is 2.16. The van der Waals surface area contributed by atoms with Gasteiger partial charge in [0.25, 0.3) is 5.56 Å². The lowest BCUT2D eigenvalue weighted by molar-refractivity contribution is -0.116. The summed E-state index contributed by atoms with van der Waals surface area (Å²) in [4.78, 5) is 43.1. The van der Waals surface area contributed by atoms with E-state index in [0.29, 0.717) is 30.0 Å². The maximum atomic E-state index is 13.2. The standard InChI is InChI=1S/C25H24N4O4/c1-2-33-20-12-10-19(11-13-20)27-22(30)17-29-21-9-6-15-26-23(21)24(31)28(25(29)32)16-14-18-7-4-3-5-8-18/h3-13,15H,2,14,16-17H2,1H3,(H,27,30). The van der Waals surface area contributed by atoms with Crippen molar-refractivity contribution in [2.45, 2.75) is 26.4 Å². The number of anilines is 1. The van der Waals surface area contributed by atoms with Crippen LogP contribution in [0, 0.1) is 0 Å². The van der Waals surface area contributed by atoms with Gasteiger partial charge >= 0.3 is 5.69 Å². The van der Waals surface area contributed by atoms with E-state index in [2.05, 4.69) is 10.3 Å². The topological polar surface area (TPSA) is 95.2 Å². The number of rotatable bonds is 8. The molecular weight excluding hydrogens is 420 g/mol. The predicted molar refractivity (Wildman–Crippen MR) is 127 cm³/mol. The fraction of sp³-hybridized carbons (Fsp3) is 0.200. The van der Waals surface area contributed by atoms with Crippen LogP contribution in [0.1, 0.15) is 12.5 Å². The van der Waals surface area contributed by atoms with Crippen LogP contribution in [0.3, 0.4) is 0 Å². The van der Waals surface area contributed by atoms with Gasteiger partial charge in [-0.05, 0) is 55.3 Å². The molecule has 33 heavy (non-hydrogen) atoms. The summed E-state index contributed by atoms with van der Waals surface area (Å²) in [5.74, 6) is 0.314. The molecular formula is C25H24N4O4. The van der Waals surface area contributed by atoms with Crippen molar-refractivity contribution in [2.24, 2.45) is 0 Å². The molecule has 0 spiro atoms. The molecule has 0 bridgehead atoms. The summed E-state index contributed by atoms with van der Waals surface area (Å²) < 4.78 is 7.84.